The number of fused-ring (bicyclic) bond motifs is 2. The number of phenols is 1. The number of ether oxygens (including phenoxy) is 1. The van der Waals surface area contributed by atoms with Crippen LogP contribution in [0.3, 0.4) is 0 Å². The van der Waals surface area contributed by atoms with Crippen LogP contribution < -0.4 is 25.2 Å². The van der Waals surface area contributed by atoms with E-state index in [2.05, 4.69) is 35.4 Å². The number of rotatable bonds is 11. The highest BCUT2D eigenvalue weighted by atomic mass is 19.1. The van der Waals surface area contributed by atoms with E-state index in [1.807, 2.05) is 17.9 Å². The minimum atomic E-state index is -0.985. The zero-order chi connectivity index (χ0) is 43.3. The molecule has 1 saturated carbocycles. The summed E-state index contributed by atoms with van der Waals surface area (Å²) in [5, 5.41) is 28.0. The van der Waals surface area contributed by atoms with Gasteiger partial charge >= 0.3 is 6.01 Å². The number of phenolic OH excluding ortho intramolecular Hbond substituents is 1. The number of piperidine rings is 2. The van der Waals surface area contributed by atoms with Gasteiger partial charge in [-0.25, -0.2) is 13.8 Å². The third-order valence-corrected chi connectivity index (χ3v) is 12.7. The number of aryl methyl sites for hydroxylation is 1. The molecule has 3 saturated heterocycles. The lowest BCUT2D eigenvalue weighted by atomic mass is 9.94. The first-order valence-electron chi connectivity index (χ1n) is 21.3. The third kappa shape index (κ3) is 8.30. The molecule has 17 heteroatoms. The lowest BCUT2D eigenvalue weighted by Gasteiger charge is -2.38. The van der Waals surface area contributed by atoms with Crippen LogP contribution in [0.1, 0.15) is 68.4 Å². The number of piperazine rings is 1. The second-order valence-electron chi connectivity index (χ2n) is 17.4. The molecule has 0 bridgehead atoms. The summed E-state index contributed by atoms with van der Waals surface area (Å²) >= 11 is 0. The third-order valence-electron chi connectivity index (χ3n) is 12.7. The summed E-state index contributed by atoms with van der Waals surface area (Å²) in [5.74, 6) is -2.23. The topological polar surface area (TPSA) is 186 Å². The number of hydrogen-bond donors (Lipinski definition) is 4. The van der Waals surface area contributed by atoms with E-state index < -0.39 is 35.1 Å². The number of aromatic nitrogens is 4. The SMILES string of the molecule is CCc1c(F)ccc2cc(O)cc(-c3ncc4c(N5CCC[C@@](C)(O)C5)nc(OCC5(CN6CCN(c7ccc(C(=O)NC8CCC(=O)NC8=O)nc7)CC6)CC5)nc4c3F)c12. The molecule has 4 N–H and O–H groups in total. The van der Waals surface area contributed by atoms with Gasteiger partial charge in [-0.05, 0) is 92.1 Å². The molecule has 3 aromatic heterocycles. The number of aliphatic hydroxyl groups is 1. The molecule has 0 spiro atoms. The van der Waals surface area contributed by atoms with Gasteiger partial charge in [0.25, 0.3) is 5.91 Å². The quantitative estimate of drug-likeness (QED) is 0.135. The molecular weight excluding hydrogens is 801 g/mol. The van der Waals surface area contributed by atoms with Crippen molar-refractivity contribution in [2.45, 2.75) is 70.4 Å². The predicted molar refractivity (Wildman–Crippen MR) is 227 cm³/mol. The Morgan fingerprint density at radius 2 is 1.81 bits per heavy atom. The summed E-state index contributed by atoms with van der Waals surface area (Å²) in [7, 11) is 0. The van der Waals surface area contributed by atoms with Gasteiger partial charge < -0.3 is 30.1 Å². The Morgan fingerprint density at radius 3 is 2.52 bits per heavy atom. The van der Waals surface area contributed by atoms with Crippen molar-refractivity contribution < 1.29 is 38.1 Å². The number of imide groups is 1. The summed E-state index contributed by atoms with van der Waals surface area (Å²) in [6, 6.07) is 8.53. The first-order chi connectivity index (χ1) is 29.8. The zero-order valence-electron chi connectivity index (χ0n) is 34.7. The van der Waals surface area contributed by atoms with Gasteiger partial charge in [0.1, 0.15) is 40.3 Å². The van der Waals surface area contributed by atoms with Crippen LogP contribution >= 0.6 is 0 Å². The van der Waals surface area contributed by atoms with Gasteiger partial charge in [-0.15, -0.1) is 0 Å². The van der Waals surface area contributed by atoms with Crippen molar-refractivity contribution in [3.05, 3.63) is 71.7 Å². The molecule has 0 radical (unpaired) electrons. The number of nitrogens with zero attached hydrogens (tertiary/aromatic N) is 7. The van der Waals surface area contributed by atoms with Crippen molar-refractivity contribution in [2.24, 2.45) is 5.41 Å². The van der Waals surface area contributed by atoms with Gasteiger partial charge in [0.2, 0.25) is 11.8 Å². The molecule has 324 valence electrons. The highest BCUT2D eigenvalue weighted by molar-refractivity contribution is 6.04. The van der Waals surface area contributed by atoms with Crippen molar-refractivity contribution in [3.63, 3.8) is 0 Å². The van der Waals surface area contributed by atoms with Gasteiger partial charge in [-0.3, -0.25) is 29.6 Å². The fourth-order valence-electron chi connectivity index (χ4n) is 9.10. The Hall–Kier alpha value is -6.07. The normalized spacial score (nSPS) is 21.6. The number of benzene rings is 2. The maximum atomic E-state index is 17.0. The van der Waals surface area contributed by atoms with E-state index in [9.17, 15) is 24.6 Å². The molecule has 1 unspecified atom stereocenters. The van der Waals surface area contributed by atoms with Crippen LogP contribution in [-0.2, 0) is 16.0 Å². The maximum absolute atomic E-state index is 17.0. The largest absolute Gasteiger partial charge is 0.508 e. The van der Waals surface area contributed by atoms with Crippen molar-refractivity contribution in [3.8, 4) is 23.0 Å². The molecule has 3 aliphatic heterocycles. The minimum Gasteiger partial charge on any atom is -0.508 e. The van der Waals surface area contributed by atoms with Gasteiger partial charge in [0, 0.05) is 69.4 Å². The van der Waals surface area contributed by atoms with E-state index in [1.165, 1.54) is 24.4 Å². The maximum Gasteiger partial charge on any atom is 0.319 e. The van der Waals surface area contributed by atoms with Crippen molar-refractivity contribution in [1.29, 1.82) is 0 Å². The fraction of sp³-hybridized carbons (Fsp3) is 0.444. The Kier molecular flexibility index (Phi) is 10.9. The van der Waals surface area contributed by atoms with Crippen molar-refractivity contribution in [2.75, 3.05) is 62.2 Å². The van der Waals surface area contributed by atoms with Crippen LogP contribution in [0.5, 0.6) is 11.8 Å². The fourth-order valence-corrected chi connectivity index (χ4v) is 9.10. The average Bonchev–Trinajstić information content (AvgIpc) is 4.03. The molecule has 1 aliphatic carbocycles. The van der Waals surface area contributed by atoms with E-state index in [1.54, 1.807) is 25.3 Å². The highest BCUT2D eigenvalue weighted by Crippen LogP contribution is 2.47. The average molecular weight is 850 g/mol. The van der Waals surface area contributed by atoms with Crippen molar-refractivity contribution >= 4 is 50.9 Å². The molecule has 6 heterocycles. The summed E-state index contributed by atoms with van der Waals surface area (Å²) in [4.78, 5) is 61.2. The Labute approximate surface area is 356 Å². The number of aromatic hydroxyl groups is 1. The van der Waals surface area contributed by atoms with Crippen molar-refractivity contribution in [1.82, 2.24) is 35.5 Å². The molecule has 4 aliphatic rings. The van der Waals surface area contributed by atoms with Gasteiger partial charge in [-0.1, -0.05) is 13.0 Å². The van der Waals surface area contributed by atoms with Crippen LogP contribution in [0.2, 0.25) is 0 Å². The van der Waals surface area contributed by atoms with Crippen LogP contribution in [0, 0.1) is 17.0 Å². The number of β-amino-alcohol motifs (C(OH)–C–C–N with tert-alkyl or cyclic N) is 1. The smallest absolute Gasteiger partial charge is 0.319 e. The van der Waals surface area contributed by atoms with E-state index in [4.69, 9.17) is 9.72 Å². The lowest BCUT2D eigenvalue weighted by Crippen LogP contribution is -2.52. The Morgan fingerprint density at radius 1 is 1.00 bits per heavy atom. The number of nitrogens with one attached hydrogen (secondary N) is 2. The number of anilines is 2. The first kappa shape index (κ1) is 41.3. The van der Waals surface area contributed by atoms with Crippen LogP contribution in [0.4, 0.5) is 20.3 Å². The molecule has 2 atom stereocenters. The Balaban J connectivity index is 0.907. The van der Waals surface area contributed by atoms with E-state index in [-0.39, 0.29) is 64.9 Å². The molecule has 3 amide bonds. The van der Waals surface area contributed by atoms with E-state index >= 15 is 8.78 Å². The molecule has 5 aromatic rings. The number of hydrogen-bond acceptors (Lipinski definition) is 13. The van der Waals surface area contributed by atoms with Crippen LogP contribution in [-0.4, -0.2) is 117 Å². The minimum absolute atomic E-state index is 0.00709. The predicted octanol–water partition coefficient (Wildman–Crippen LogP) is 4.65. The molecule has 2 aromatic carbocycles. The number of carbonyl (C=O) groups excluding carboxylic acids is 3. The number of carbonyl (C=O) groups is 3. The second-order valence-corrected chi connectivity index (χ2v) is 17.4. The first-order valence-corrected chi connectivity index (χ1v) is 21.3. The summed E-state index contributed by atoms with van der Waals surface area (Å²) < 4.78 is 38.5. The Bertz CT molecular complexity index is 2580. The molecular formula is C45H49F2N9O6. The lowest BCUT2D eigenvalue weighted by molar-refractivity contribution is -0.134. The monoisotopic (exact) mass is 849 g/mol. The highest BCUT2D eigenvalue weighted by Gasteiger charge is 2.45. The zero-order valence-corrected chi connectivity index (χ0v) is 34.7. The van der Waals surface area contributed by atoms with E-state index in [0.717, 1.165) is 51.3 Å². The van der Waals surface area contributed by atoms with Crippen LogP contribution in [0.25, 0.3) is 32.9 Å². The van der Waals surface area contributed by atoms with Gasteiger partial charge in [-0.2, -0.15) is 9.97 Å². The van der Waals surface area contributed by atoms with Crippen LogP contribution in [0.15, 0.2) is 48.8 Å². The number of amides is 3. The molecule has 62 heavy (non-hydrogen) atoms. The standard InChI is InChI=1S/C45H49F2N9O6/c1-3-29-32(46)7-5-26-19-28(57)20-30(36(26)29)38-37(47)39-31(22-49-38)40(56-14-4-11-44(2,61)23-56)53-43(52-39)62-25-45(12-13-45)24-54-15-17-55(18-16-54)27-6-8-33(48-21-27)41(59)50-34-9-10-35(58)51-42(34)60/h5-8,19-22,34,57,61H,3-4,9-18,23-25H2,1-2H3,(H,50,59)(H,51,58,60)/t34?,44-/m1/s1. The van der Waals surface area contributed by atoms with E-state index in [0.29, 0.717) is 60.0 Å². The van der Waals surface area contributed by atoms with Gasteiger partial charge in [0.05, 0.1) is 29.5 Å². The summed E-state index contributed by atoms with van der Waals surface area (Å²) in [5.41, 5.74) is 0.472. The second kappa shape index (κ2) is 16.3. The number of pyridine rings is 2. The molecule has 4 fully saturated rings. The summed E-state index contributed by atoms with van der Waals surface area (Å²) in [6.45, 7) is 8.62. The number of halogens is 2. The summed E-state index contributed by atoms with van der Waals surface area (Å²) in [6.07, 6.45) is 7.12. The van der Waals surface area contributed by atoms with Gasteiger partial charge in [0.15, 0.2) is 5.82 Å². The molecule has 9 rings (SSSR count). The molecule has 15 nitrogen and oxygen atoms in total.